The second kappa shape index (κ2) is 9.72. The number of hydrogen-bond donors (Lipinski definition) is 1. The summed E-state index contributed by atoms with van der Waals surface area (Å²) in [5.41, 5.74) is 1.59. The van der Waals surface area contributed by atoms with Gasteiger partial charge < -0.3 is 5.32 Å². The lowest BCUT2D eigenvalue weighted by Crippen LogP contribution is -2.32. The standard InChI is InChI=1S/C17H27NO2S/c1-4-5-6-7-9-14(2)18-17(19)16-11-8-10-15(12-16)13-21(3)20/h8,10-12,14H,4-7,9,13H2,1-3H3,(H,18,19). The number of carbonyl (C=O) groups excluding carboxylic acids is 1. The fourth-order valence-electron chi connectivity index (χ4n) is 2.29. The number of unbranched alkanes of at least 4 members (excludes halogenated alkanes) is 3. The molecule has 2 atom stereocenters. The van der Waals surface area contributed by atoms with Gasteiger partial charge in [-0.3, -0.25) is 9.00 Å². The van der Waals surface area contributed by atoms with Crippen LogP contribution in [0.25, 0.3) is 0 Å². The highest BCUT2D eigenvalue weighted by Crippen LogP contribution is 2.09. The van der Waals surface area contributed by atoms with Crippen LogP contribution in [0.15, 0.2) is 24.3 Å². The second-order valence-corrected chi connectivity index (χ2v) is 7.08. The van der Waals surface area contributed by atoms with Crippen molar-refractivity contribution >= 4 is 16.7 Å². The van der Waals surface area contributed by atoms with Crippen molar-refractivity contribution in [2.24, 2.45) is 0 Å². The van der Waals surface area contributed by atoms with Crippen LogP contribution in [0.2, 0.25) is 0 Å². The molecule has 0 fully saturated rings. The summed E-state index contributed by atoms with van der Waals surface area (Å²) >= 11 is 0. The third kappa shape index (κ3) is 7.42. The van der Waals surface area contributed by atoms with E-state index in [1.54, 1.807) is 12.3 Å². The molecule has 0 radical (unpaired) electrons. The van der Waals surface area contributed by atoms with Gasteiger partial charge in [-0.25, -0.2) is 0 Å². The minimum Gasteiger partial charge on any atom is -0.350 e. The van der Waals surface area contributed by atoms with Gasteiger partial charge in [-0.2, -0.15) is 0 Å². The monoisotopic (exact) mass is 309 g/mol. The van der Waals surface area contributed by atoms with E-state index in [2.05, 4.69) is 19.2 Å². The molecular weight excluding hydrogens is 282 g/mol. The van der Waals surface area contributed by atoms with Crippen molar-refractivity contribution in [1.82, 2.24) is 5.32 Å². The van der Waals surface area contributed by atoms with Gasteiger partial charge in [0.2, 0.25) is 0 Å². The first kappa shape index (κ1) is 17.9. The fraction of sp³-hybridized carbons (Fsp3) is 0.588. The van der Waals surface area contributed by atoms with E-state index < -0.39 is 10.8 Å². The molecule has 21 heavy (non-hydrogen) atoms. The van der Waals surface area contributed by atoms with E-state index in [0.717, 1.165) is 18.4 Å². The number of benzene rings is 1. The topological polar surface area (TPSA) is 46.2 Å². The smallest absolute Gasteiger partial charge is 0.251 e. The highest BCUT2D eigenvalue weighted by molar-refractivity contribution is 7.83. The lowest BCUT2D eigenvalue weighted by atomic mass is 10.1. The molecule has 3 nitrogen and oxygen atoms in total. The van der Waals surface area contributed by atoms with E-state index in [1.807, 2.05) is 18.2 Å². The van der Waals surface area contributed by atoms with Crippen molar-refractivity contribution < 1.29 is 9.00 Å². The molecule has 1 N–H and O–H groups in total. The van der Waals surface area contributed by atoms with Crippen LogP contribution < -0.4 is 5.32 Å². The fourth-order valence-corrected chi connectivity index (χ4v) is 2.94. The summed E-state index contributed by atoms with van der Waals surface area (Å²) in [4.78, 5) is 12.2. The third-order valence-electron chi connectivity index (χ3n) is 3.43. The predicted octanol–water partition coefficient (Wildman–Crippen LogP) is 3.65. The van der Waals surface area contributed by atoms with Crippen molar-refractivity contribution in [2.45, 2.75) is 57.7 Å². The van der Waals surface area contributed by atoms with Gasteiger partial charge in [0.05, 0.1) is 0 Å². The molecular formula is C17H27NO2S. The minimum atomic E-state index is -0.887. The van der Waals surface area contributed by atoms with Gasteiger partial charge in [-0.15, -0.1) is 0 Å². The third-order valence-corrected chi connectivity index (χ3v) is 4.17. The summed E-state index contributed by atoms with van der Waals surface area (Å²) in [6, 6.07) is 7.59. The molecule has 0 saturated heterocycles. The first-order valence-electron chi connectivity index (χ1n) is 7.72. The molecule has 0 aliphatic carbocycles. The molecule has 1 amide bonds. The van der Waals surface area contributed by atoms with Gasteiger partial charge in [0.1, 0.15) is 0 Å². The Kier molecular flexibility index (Phi) is 8.28. The Balaban J connectivity index is 2.49. The molecule has 118 valence electrons. The van der Waals surface area contributed by atoms with Crippen LogP contribution in [-0.4, -0.2) is 22.4 Å². The molecule has 2 unspecified atom stereocenters. The molecule has 0 aliphatic rings. The molecule has 4 heteroatoms. The van der Waals surface area contributed by atoms with Gasteiger partial charge in [-0.1, -0.05) is 44.7 Å². The van der Waals surface area contributed by atoms with E-state index in [1.165, 1.54) is 19.3 Å². The Morgan fingerprint density at radius 3 is 2.71 bits per heavy atom. The molecule has 1 aromatic carbocycles. The summed E-state index contributed by atoms with van der Waals surface area (Å²) < 4.78 is 11.3. The second-order valence-electron chi connectivity index (χ2n) is 5.64. The summed E-state index contributed by atoms with van der Waals surface area (Å²) in [7, 11) is -0.887. The number of rotatable bonds is 9. The van der Waals surface area contributed by atoms with Crippen LogP contribution in [-0.2, 0) is 16.6 Å². The molecule has 0 saturated carbocycles. The highest BCUT2D eigenvalue weighted by Gasteiger charge is 2.10. The molecule has 0 aromatic heterocycles. The van der Waals surface area contributed by atoms with Gasteiger partial charge in [-0.05, 0) is 31.0 Å². The van der Waals surface area contributed by atoms with Crippen LogP contribution in [0.5, 0.6) is 0 Å². The Bertz CT molecular complexity index is 474. The van der Waals surface area contributed by atoms with Gasteiger partial charge in [0.25, 0.3) is 5.91 Å². The van der Waals surface area contributed by atoms with E-state index in [9.17, 15) is 9.00 Å². The molecule has 0 spiro atoms. The van der Waals surface area contributed by atoms with Crippen LogP contribution in [0.3, 0.4) is 0 Å². The van der Waals surface area contributed by atoms with Crippen LogP contribution in [0.4, 0.5) is 0 Å². The Hall–Kier alpha value is -1.16. The quantitative estimate of drug-likeness (QED) is 0.708. The van der Waals surface area contributed by atoms with Gasteiger partial charge in [0.15, 0.2) is 0 Å². The van der Waals surface area contributed by atoms with E-state index in [4.69, 9.17) is 0 Å². The zero-order chi connectivity index (χ0) is 15.7. The molecule has 0 heterocycles. The summed E-state index contributed by atoms with van der Waals surface area (Å²) in [5.74, 6) is 0.454. The average Bonchev–Trinajstić information content (AvgIpc) is 2.43. The van der Waals surface area contributed by atoms with E-state index in [0.29, 0.717) is 11.3 Å². The van der Waals surface area contributed by atoms with Crippen LogP contribution in [0, 0.1) is 0 Å². The maximum Gasteiger partial charge on any atom is 0.251 e. The van der Waals surface area contributed by atoms with Crippen molar-refractivity contribution in [1.29, 1.82) is 0 Å². The molecule has 1 aromatic rings. The number of amides is 1. The lowest BCUT2D eigenvalue weighted by Gasteiger charge is -2.14. The van der Waals surface area contributed by atoms with Crippen LogP contribution in [0.1, 0.15) is 61.9 Å². The molecule has 0 bridgehead atoms. The normalized spacial score (nSPS) is 13.7. The SMILES string of the molecule is CCCCCCC(C)NC(=O)c1cccc(CS(C)=O)c1. The molecule has 1 rings (SSSR count). The number of nitrogens with one attached hydrogen (secondary N) is 1. The highest BCUT2D eigenvalue weighted by atomic mass is 32.2. The summed E-state index contributed by atoms with van der Waals surface area (Å²) in [5, 5.41) is 3.04. The number of hydrogen-bond acceptors (Lipinski definition) is 2. The largest absolute Gasteiger partial charge is 0.350 e. The van der Waals surface area contributed by atoms with Crippen molar-refractivity contribution in [3.8, 4) is 0 Å². The van der Waals surface area contributed by atoms with Crippen molar-refractivity contribution in [3.05, 3.63) is 35.4 Å². The van der Waals surface area contributed by atoms with E-state index in [-0.39, 0.29) is 11.9 Å². The first-order chi connectivity index (χ1) is 10.0. The number of carbonyl (C=O) groups is 1. The van der Waals surface area contributed by atoms with Crippen molar-refractivity contribution in [3.63, 3.8) is 0 Å². The van der Waals surface area contributed by atoms with E-state index >= 15 is 0 Å². The predicted molar refractivity (Wildman–Crippen MR) is 89.9 cm³/mol. The zero-order valence-corrected chi connectivity index (χ0v) is 14.2. The minimum absolute atomic E-state index is 0.0401. The Labute approximate surface area is 131 Å². The summed E-state index contributed by atoms with van der Waals surface area (Å²) in [6.45, 7) is 4.25. The lowest BCUT2D eigenvalue weighted by molar-refractivity contribution is 0.0938. The Morgan fingerprint density at radius 2 is 2.05 bits per heavy atom. The zero-order valence-electron chi connectivity index (χ0n) is 13.4. The van der Waals surface area contributed by atoms with Gasteiger partial charge >= 0.3 is 0 Å². The maximum absolute atomic E-state index is 12.2. The van der Waals surface area contributed by atoms with Crippen molar-refractivity contribution in [2.75, 3.05) is 6.26 Å². The summed E-state index contributed by atoms with van der Waals surface area (Å²) in [6.07, 6.45) is 7.57. The molecule has 0 aliphatic heterocycles. The van der Waals surface area contributed by atoms with Gasteiger partial charge in [0, 0.05) is 34.4 Å². The maximum atomic E-state index is 12.2. The average molecular weight is 309 g/mol. The Morgan fingerprint density at radius 1 is 1.29 bits per heavy atom. The first-order valence-corrected chi connectivity index (χ1v) is 9.45. The van der Waals surface area contributed by atoms with Crippen LogP contribution >= 0.6 is 0 Å².